The third-order valence-electron chi connectivity index (χ3n) is 2.91. The van der Waals surface area contributed by atoms with E-state index in [9.17, 15) is 9.90 Å². The van der Waals surface area contributed by atoms with Crippen molar-refractivity contribution in [3.8, 4) is 0 Å². The number of carboxylic acid groups (broad SMARTS) is 1. The maximum atomic E-state index is 11.3. The highest BCUT2D eigenvalue weighted by molar-refractivity contribution is 7.11. The zero-order valence-corrected chi connectivity index (χ0v) is 13.1. The van der Waals surface area contributed by atoms with Gasteiger partial charge in [-0.3, -0.25) is 0 Å². The molecule has 0 spiro atoms. The fourth-order valence-corrected chi connectivity index (χ4v) is 2.53. The molecule has 112 valence electrons. The minimum absolute atomic E-state index is 0.000899. The predicted octanol–water partition coefficient (Wildman–Crippen LogP) is 2.93. The van der Waals surface area contributed by atoms with E-state index < -0.39 is 5.97 Å². The summed E-state index contributed by atoms with van der Waals surface area (Å²) in [5.41, 5.74) is 0.418. The highest BCUT2D eigenvalue weighted by Crippen LogP contribution is 2.19. The molecule has 0 amide bonds. The van der Waals surface area contributed by atoms with Crippen LogP contribution in [0.4, 0.5) is 5.69 Å². The number of carboxylic acids is 1. The summed E-state index contributed by atoms with van der Waals surface area (Å²) in [6.45, 7) is 6.40. The Morgan fingerprint density at radius 3 is 2.71 bits per heavy atom. The largest absolute Gasteiger partial charge is 0.476 e. The van der Waals surface area contributed by atoms with E-state index in [1.807, 2.05) is 20.0 Å². The molecule has 7 heteroatoms. The van der Waals surface area contributed by atoms with Crippen molar-refractivity contribution >= 4 is 23.0 Å². The van der Waals surface area contributed by atoms with Crippen molar-refractivity contribution in [2.24, 2.45) is 0 Å². The van der Waals surface area contributed by atoms with E-state index in [0.29, 0.717) is 18.1 Å². The van der Waals surface area contributed by atoms with Gasteiger partial charge < -0.3 is 10.4 Å². The summed E-state index contributed by atoms with van der Waals surface area (Å²) in [5, 5.41) is 13.2. The standard InChI is InChI=1S/C14H18N4O2S/c1-4-9-5-16-11(21-9)7-15-10-6-17-13(8(2)3)18-12(10)14(19)20/h5-6,8,15H,4,7H2,1-3H3,(H,19,20). The lowest BCUT2D eigenvalue weighted by Gasteiger charge is -2.10. The van der Waals surface area contributed by atoms with Crippen LogP contribution in [0.2, 0.25) is 0 Å². The van der Waals surface area contributed by atoms with Gasteiger partial charge in [-0.1, -0.05) is 20.8 Å². The van der Waals surface area contributed by atoms with Gasteiger partial charge >= 0.3 is 5.97 Å². The van der Waals surface area contributed by atoms with Gasteiger partial charge in [0.1, 0.15) is 10.8 Å². The van der Waals surface area contributed by atoms with E-state index in [2.05, 4.69) is 27.2 Å². The number of hydrogen-bond donors (Lipinski definition) is 2. The van der Waals surface area contributed by atoms with Crippen LogP contribution >= 0.6 is 11.3 Å². The van der Waals surface area contributed by atoms with Crippen LogP contribution in [0.15, 0.2) is 12.4 Å². The van der Waals surface area contributed by atoms with Crippen molar-refractivity contribution < 1.29 is 9.90 Å². The molecule has 0 aliphatic rings. The number of thiazole rings is 1. The fourth-order valence-electron chi connectivity index (χ4n) is 1.73. The van der Waals surface area contributed by atoms with Crippen molar-refractivity contribution in [1.82, 2.24) is 15.0 Å². The number of aromatic nitrogens is 3. The minimum Gasteiger partial charge on any atom is -0.476 e. The highest BCUT2D eigenvalue weighted by Gasteiger charge is 2.15. The second-order valence-electron chi connectivity index (χ2n) is 4.88. The molecule has 0 atom stereocenters. The molecule has 0 saturated carbocycles. The maximum Gasteiger partial charge on any atom is 0.356 e. The Balaban J connectivity index is 2.17. The molecule has 0 unspecified atom stereocenters. The lowest BCUT2D eigenvalue weighted by atomic mass is 10.2. The molecule has 0 aromatic carbocycles. The first-order valence-corrected chi connectivity index (χ1v) is 7.60. The average molecular weight is 306 g/mol. The first-order chi connectivity index (χ1) is 10.0. The third kappa shape index (κ3) is 3.75. The quantitative estimate of drug-likeness (QED) is 0.853. The minimum atomic E-state index is -1.06. The van der Waals surface area contributed by atoms with Gasteiger partial charge in [-0.2, -0.15) is 0 Å². The molecule has 0 bridgehead atoms. The number of hydrogen-bond acceptors (Lipinski definition) is 6. The van der Waals surface area contributed by atoms with E-state index >= 15 is 0 Å². The molecule has 6 nitrogen and oxygen atoms in total. The summed E-state index contributed by atoms with van der Waals surface area (Å²) in [6, 6.07) is 0. The number of aryl methyl sites for hydroxylation is 1. The summed E-state index contributed by atoms with van der Waals surface area (Å²) in [6.07, 6.45) is 4.32. The number of carbonyl (C=O) groups is 1. The lowest BCUT2D eigenvalue weighted by molar-refractivity contribution is 0.0691. The molecule has 21 heavy (non-hydrogen) atoms. The van der Waals surface area contributed by atoms with Crippen LogP contribution < -0.4 is 5.32 Å². The smallest absolute Gasteiger partial charge is 0.356 e. The second-order valence-corrected chi connectivity index (χ2v) is 6.08. The Hall–Kier alpha value is -2.02. The first kappa shape index (κ1) is 15.4. The zero-order valence-electron chi connectivity index (χ0n) is 12.3. The van der Waals surface area contributed by atoms with Crippen molar-refractivity contribution in [2.75, 3.05) is 5.32 Å². The number of nitrogens with one attached hydrogen (secondary N) is 1. The lowest BCUT2D eigenvalue weighted by Crippen LogP contribution is -2.12. The summed E-state index contributed by atoms with van der Waals surface area (Å²) in [5.74, 6) is -0.445. The maximum absolute atomic E-state index is 11.3. The normalized spacial score (nSPS) is 10.9. The van der Waals surface area contributed by atoms with E-state index in [1.54, 1.807) is 11.3 Å². The number of aromatic carboxylic acids is 1. The van der Waals surface area contributed by atoms with Gasteiger partial charge in [0, 0.05) is 17.0 Å². The Bertz CT molecular complexity index is 640. The van der Waals surface area contributed by atoms with Crippen LogP contribution in [0.3, 0.4) is 0 Å². The number of rotatable bonds is 6. The zero-order chi connectivity index (χ0) is 15.4. The number of nitrogens with zero attached hydrogens (tertiary/aromatic N) is 3. The molecule has 2 heterocycles. The Labute approximate surface area is 127 Å². The SMILES string of the molecule is CCc1cnc(CNc2cnc(C(C)C)nc2C(=O)O)s1. The predicted molar refractivity (Wildman–Crippen MR) is 81.9 cm³/mol. The van der Waals surface area contributed by atoms with Crippen molar-refractivity contribution in [3.63, 3.8) is 0 Å². The van der Waals surface area contributed by atoms with E-state index in [1.165, 1.54) is 11.1 Å². The summed E-state index contributed by atoms with van der Waals surface area (Å²) in [7, 11) is 0. The molecule has 0 saturated heterocycles. The molecule has 0 aliphatic carbocycles. The monoisotopic (exact) mass is 306 g/mol. The van der Waals surface area contributed by atoms with E-state index in [4.69, 9.17) is 0 Å². The van der Waals surface area contributed by atoms with Gasteiger partial charge in [-0.05, 0) is 6.42 Å². The molecule has 0 radical (unpaired) electrons. The van der Waals surface area contributed by atoms with Crippen LogP contribution in [0.1, 0.15) is 52.9 Å². The molecular formula is C14H18N4O2S. The van der Waals surface area contributed by atoms with Crippen LogP contribution in [-0.4, -0.2) is 26.0 Å². The molecule has 2 aromatic rings. The molecule has 2 aromatic heterocycles. The van der Waals surface area contributed by atoms with Crippen molar-refractivity contribution in [2.45, 2.75) is 39.7 Å². The van der Waals surface area contributed by atoms with Crippen LogP contribution in [-0.2, 0) is 13.0 Å². The second kappa shape index (κ2) is 6.62. The summed E-state index contributed by atoms with van der Waals surface area (Å²) in [4.78, 5) is 25.1. The Kier molecular flexibility index (Phi) is 4.85. The average Bonchev–Trinajstić information content (AvgIpc) is 2.92. The van der Waals surface area contributed by atoms with Crippen molar-refractivity contribution in [3.05, 3.63) is 33.8 Å². The summed E-state index contributed by atoms with van der Waals surface area (Å²) < 4.78 is 0. The molecular weight excluding hydrogens is 288 g/mol. The van der Waals surface area contributed by atoms with Gasteiger partial charge in [-0.25, -0.2) is 19.7 Å². The number of anilines is 1. The first-order valence-electron chi connectivity index (χ1n) is 6.79. The topological polar surface area (TPSA) is 88.0 Å². The van der Waals surface area contributed by atoms with E-state index in [-0.39, 0.29) is 11.6 Å². The Morgan fingerprint density at radius 2 is 2.14 bits per heavy atom. The molecule has 0 fully saturated rings. The van der Waals surface area contributed by atoms with Gasteiger partial charge in [0.25, 0.3) is 0 Å². The fraction of sp³-hybridized carbons (Fsp3) is 0.429. The Morgan fingerprint density at radius 1 is 1.38 bits per heavy atom. The van der Waals surface area contributed by atoms with Crippen LogP contribution in [0.5, 0.6) is 0 Å². The summed E-state index contributed by atoms with van der Waals surface area (Å²) >= 11 is 1.61. The van der Waals surface area contributed by atoms with E-state index in [0.717, 1.165) is 11.4 Å². The van der Waals surface area contributed by atoms with Gasteiger partial charge in [-0.15, -0.1) is 11.3 Å². The third-order valence-corrected chi connectivity index (χ3v) is 4.05. The molecule has 0 aliphatic heterocycles. The van der Waals surface area contributed by atoms with Gasteiger partial charge in [0.2, 0.25) is 0 Å². The molecule has 2 N–H and O–H groups in total. The van der Waals surface area contributed by atoms with Crippen LogP contribution in [0.25, 0.3) is 0 Å². The van der Waals surface area contributed by atoms with Crippen LogP contribution in [0, 0.1) is 0 Å². The van der Waals surface area contributed by atoms with Crippen molar-refractivity contribution in [1.29, 1.82) is 0 Å². The molecule has 2 rings (SSSR count). The van der Waals surface area contributed by atoms with Gasteiger partial charge in [0.15, 0.2) is 5.69 Å². The highest BCUT2D eigenvalue weighted by atomic mass is 32.1. The van der Waals surface area contributed by atoms with Gasteiger partial charge in [0.05, 0.1) is 18.4 Å².